The lowest BCUT2D eigenvalue weighted by Gasteiger charge is -2.36. The van der Waals surface area contributed by atoms with Crippen LogP contribution in [0.1, 0.15) is 18.4 Å². The Balaban J connectivity index is 1.41. The van der Waals surface area contributed by atoms with Gasteiger partial charge in [-0.2, -0.15) is 0 Å². The van der Waals surface area contributed by atoms with Crippen molar-refractivity contribution in [3.63, 3.8) is 0 Å². The number of aryl methyl sites for hydroxylation is 1. The SMILES string of the molecule is Cc1cccc(N2CCN(CCC(=O)N3CC[C@@H](C(=O)O)C3)CC2)c1. The maximum absolute atomic E-state index is 12.3. The molecule has 1 amide bonds. The van der Waals surface area contributed by atoms with Crippen molar-refractivity contribution < 1.29 is 14.7 Å². The van der Waals surface area contributed by atoms with Crippen molar-refractivity contribution in [2.75, 3.05) is 50.7 Å². The van der Waals surface area contributed by atoms with Gasteiger partial charge in [0.05, 0.1) is 5.92 Å². The van der Waals surface area contributed by atoms with Gasteiger partial charge in [-0.3, -0.25) is 14.5 Å². The van der Waals surface area contributed by atoms with Gasteiger partial charge in [0.1, 0.15) is 0 Å². The highest BCUT2D eigenvalue weighted by atomic mass is 16.4. The van der Waals surface area contributed by atoms with E-state index in [0.717, 1.165) is 32.7 Å². The Morgan fingerprint density at radius 3 is 2.56 bits per heavy atom. The fourth-order valence-electron chi connectivity index (χ4n) is 3.65. The maximum Gasteiger partial charge on any atom is 0.308 e. The van der Waals surface area contributed by atoms with Crippen LogP contribution in [0.2, 0.25) is 0 Å². The molecule has 0 bridgehead atoms. The molecule has 0 radical (unpaired) electrons. The highest BCUT2D eigenvalue weighted by Gasteiger charge is 2.30. The number of carbonyl (C=O) groups excluding carboxylic acids is 1. The molecule has 0 spiro atoms. The number of carboxylic acids is 1. The van der Waals surface area contributed by atoms with Crippen LogP contribution in [0.3, 0.4) is 0 Å². The summed E-state index contributed by atoms with van der Waals surface area (Å²) < 4.78 is 0. The van der Waals surface area contributed by atoms with Crippen LogP contribution in [0.5, 0.6) is 0 Å². The number of rotatable bonds is 5. The molecular formula is C19H27N3O3. The van der Waals surface area contributed by atoms with Crippen LogP contribution in [0.25, 0.3) is 0 Å². The minimum atomic E-state index is -0.789. The molecule has 2 heterocycles. The number of hydrogen-bond acceptors (Lipinski definition) is 4. The first kappa shape index (κ1) is 17.7. The van der Waals surface area contributed by atoms with Gasteiger partial charge < -0.3 is 14.9 Å². The number of benzene rings is 1. The van der Waals surface area contributed by atoms with E-state index in [-0.39, 0.29) is 11.8 Å². The molecule has 3 rings (SSSR count). The Labute approximate surface area is 149 Å². The Kier molecular flexibility index (Phi) is 5.58. The highest BCUT2D eigenvalue weighted by molar-refractivity contribution is 5.78. The zero-order chi connectivity index (χ0) is 17.8. The third-order valence-corrected chi connectivity index (χ3v) is 5.27. The van der Waals surface area contributed by atoms with Crippen molar-refractivity contribution in [1.29, 1.82) is 0 Å². The van der Waals surface area contributed by atoms with Crippen LogP contribution in [0.15, 0.2) is 24.3 Å². The lowest BCUT2D eigenvalue weighted by molar-refractivity contribution is -0.141. The summed E-state index contributed by atoms with van der Waals surface area (Å²) in [6.07, 6.45) is 1.06. The van der Waals surface area contributed by atoms with E-state index in [1.807, 2.05) is 0 Å². The third-order valence-electron chi connectivity index (χ3n) is 5.27. The van der Waals surface area contributed by atoms with Crippen LogP contribution in [-0.2, 0) is 9.59 Å². The lowest BCUT2D eigenvalue weighted by Crippen LogP contribution is -2.47. The molecule has 1 N–H and O–H groups in total. The topological polar surface area (TPSA) is 64.1 Å². The van der Waals surface area contributed by atoms with Gasteiger partial charge in [0.2, 0.25) is 5.91 Å². The van der Waals surface area contributed by atoms with Crippen molar-refractivity contribution in [3.8, 4) is 0 Å². The molecule has 25 heavy (non-hydrogen) atoms. The maximum atomic E-state index is 12.3. The van der Waals surface area contributed by atoms with E-state index in [1.54, 1.807) is 4.90 Å². The predicted molar refractivity (Wildman–Crippen MR) is 96.8 cm³/mol. The Morgan fingerprint density at radius 1 is 1.16 bits per heavy atom. The standard InChI is InChI=1S/C19H27N3O3/c1-15-3-2-4-17(13-15)21-11-9-20(10-12-21)7-6-18(23)22-8-5-16(14-22)19(24)25/h2-4,13,16H,5-12,14H2,1H3,(H,24,25)/t16-/m1/s1. The quantitative estimate of drug-likeness (QED) is 0.875. The van der Waals surface area contributed by atoms with Crippen molar-refractivity contribution >= 4 is 17.6 Å². The largest absolute Gasteiger partial charge is 0.481 e. The van der Waals surface area contributed by atoms with Gasteiger partial charge in [-0.05, 0) is 31.0 Å². The van der Waals surface area contributed by atoms with E-state index >= 15 is 0 Å². The van der Waals surface area contributed by atoms with Crippen LogP contribution in [0.4, 0.5) is 5.69 Å². The van der Waals surface area contributed by atoms with E-state index in [4.69, 9.17) is 5.11 Å². The van der Waals surface area contributed by atoms with Gasteiger partial charge in [0.15, 0.2) is 0 Å². The Morgan fingerprint density at radius 2 is 1.92 bits per heavy atom. The molecule has 2 aliphatic rings. The number of likely N-dealkylation sites (tertiary alicyclic amines) is 1. The summed E-state index contributed by atoms with van der Waals surface area (Å²) in [6, 6.07) is 8.57. The first-order valence-corrected chi connectivity index (χ1v) is 9.07. The Bertz CT molecular complexity index is 626. The fourth-order valence-corrected chi connectivity index (χ4v) is 3.65. The van der Waals surface area contributed by atoms with Crippen LogP contribution in [-0.4, -0.2) is 72.6 Å². The summed E-state index contributed by atoms with van der Waals surface area (Å²) in [4.78, 5) is 29.7. The molecule has 136 valence electrons. The van der Waals surface area contributed by atoms with Gasteiger partial charge in [-0.25, -0.2) is 0 Å². The number of carbonyl (C=O) groups is 2. The predicted octanol–water partition coefficient (Wildman–Crippen LogP) is 1.44. The van der Waals surface area contributed by atoms with E-state index in [0.29, 0.717) is 25.9 Å². The molecule has 2 saturated heterocycles. The number of carboxylic acid groups (broad SMARTS) is 1. The van der Waals surface area contributed by atoms with E-state index in [2.05, 4.69) is 41.0 Å². The number of piperazine rings is 1. The first-order chi connectivity index (χ1) is 12.0. The summed E-state index contributed by atoms with van der Waals surface area (Å²) in [5, 5.41) is 9.03. The zero-order valence-electron chi connectivity index (χ0n) is 14.9. The summed E-state index contributed by atoms with van der Waals surface area (Å²) in [7, 11) is 0. The number of anilines is 1. The minimum Gasteiger partial charge on any atom is -0.481 e. The summed E-state index contributed by atoms with van der Waals surface area (Å²) in [5.74, 6) is -1.09. The van der Waals surface area contributed by atoms with Gasteiger partial charge in [0, 0.05) is 57.9 Å². The lowest BCUT2D eigenvalue weighted by atomic mass is 10.1. The second-order valence-corrected chi connectivity index (χ2v) is 7.08. The second kappa shape index (κ2) is 7.87. The van der Waals surface area contributed by atoms with Crippen molar-refractivity contribution in [1.82, 2.24) is 9.80 Å². The van der Waals surface area contributed by atoms with Gasteiger partial charge >= 0.3 is 5.97 Å². The van der Waals surface area contributed by atoms with Crippen LogP contribution >= 0.6 is 0 Å². The molecule has 0 aliphatic carbocycles. The summed E-state index contributed by atoms with van der Waals surface area (Å²) in [6.45, 7) is 7.68. The van der Waals surface area contributed by atoms with Crippen molar-refractivity contribution in [2.24, 2.45) is 5.92 Å². The molecule has 6 heteroatoms. The molecule has 1 aromatic carbocycles. The van der Waals surface area contributed by atoms with Gasteiger partial charge in [-0.1, -0.05) is 12.1 Å². The summed E-state index contributed by atoms with van der Waals surface area (Å²) in [5.41, 5.74) is 2.54. The van der Waals surface area contributed by atoms with E-state index in [1.165, 1.54) is 11.3 Å². The molecule has 2 aliphatic heterocycles. The number of nitrogens with zero attached hydrogens (tertiary/aromatic N) is 3. The van der Waals surface area contributed by atoms with Crippen molar-refractivity contribution in [3.05, 3.63) is 29.8 Å². The van der Waals surface area contributed by atoms with Crippen LogP contribution in [0, 0.1) is 12.8 Å². The molecule has 2 fully saturated rings. The number of amides is 1. The molecule has 1 aromatic rings. The molecule has 0 unspecified atom stereocenters. The molecule has 0 saturated carbocycles. The Hall–Kier alpha value is -2.08. The minimum absolute atomic E-state index is 0.0878. The van der Waals surface area contributed by atoms with Gasteiger partial charge in [-0.15, -0.1) is 0 Å². The van der Waals surface area contributed by atoms with Crippen LogP contribution < -0.4 is 4.90 Å². The number of aliphatic carboxylic acids is 1. The smallest absolute Gasteiger partial charge is 0.308 e. The van der Waals surface area contributed by atoms with E-state index < -0.39 is 5.97 Å². The van der Waals surface area contributed by atoms with Gasteiger partial charge in [0.25, 0.3) is 0 Å². The molecular weight excluding hydrogens is 318 g/mol. The second-order valence-electron chi connectivity index (χ2n) is 7.08. The van der Waals surface area contributed by atoms with E-state index in [9.17, 15) is 9.59 Å². The highest BCUT2D eigenvalue weighted by Crippen LogP contribution is 2.19. The zero-order valence-corrected chi connectivity index (χ0v) is 14.9. The third kappa shape index (κ3) is 4.51. The molecule has 0 aromatic heterocycles. The summed E-state index contributed by atoms with van der Waals surface area (Å²) >= 11 is 0. The van der Waals surface area contributed by atoms with Crippen molar-refractivity contribution in [2.45, 2.75) is 19.8 Å². The monoisotopic (exact) mass is 345 g/mol. The average molecular weight is 345 g/mol. The molecule has 6 nitrogen and oxygen atoms in total. The fraction of sp³-hybridized carbons (Fsp3) is 0.579. The average Bonchev–Trinajstić information content (AvgIpc) is 3.11. The molecule has 1 atom stereocenters. The normalized spacial score (nSPS) is 21.6. The first-order valence-electron chi connectivity index (χ1n) is 9.07. The number of hydrogen-bond donors (Lipinski definition) is 1.